The minimum absolute atomic E-state index is 0.213. The highest BCUT2D eigenvalue weighted by Crippen LogP contribution is 2.22. The molecular weight excluding hydrogens is 202 g/mol. The van der Waals surface area contributed by atoms with Crippen molar-refractivity contribution in [1.82, 2.24) is 0 Å². The molecule has 0 aliphatic rings. The summed E-state index contributed by atoms with van der Waals surface area (Å²) in [5.41, 5.74) is 7.50. The number of aliphatic hydroxyl groups is 1. The first-order valence-electron chi connectivity index (χ1n) is 5.51. The third-order valence-corrected chi connectivity index (χ3v) is 2.26. The highest BCUT2D eigenvalue weighted by Gasteiger charge is 2.02. The zero-order chi connectivity index (χ0) is 11.8. The average molecular weight is 221 g/mol. The third-order valence-electron chi connectivity index (χ3n) is 2.26. The van der Waals surface area contributed by atoms with Crippen LogP contribution in [0.1, 0.15) is 18.4 Å². The zero-order valence-corrected chi connectivity index (χ0v) is 9.48. The summed E-state index contributed by atoms with van der Waals surface area (Å²) in [7, 11) is 0. The summed E-state index contributed by atoms with van der Waals surface area (Å²) in [6.07, 6.45) is 4.20. The number of nitrogens with two attached hydrogens (primary N) is 1. The third kappa shape index (κ3) is 3.95. The highest BCUT2D eigenvalue weighted by molar-refractivity contribution is 5.48. The van der Waals surface area contributed by atoms with E-state index in [0.717, 1.165) is 36.3 Å². The summed E-state index contributed by atoms with van der Waals surface area (Å²) >= 11 is 0. The summed E-state index contributed by atoms with van der Waals surface area (Å²) in [5.74, 6) is 0.854. The number of ether oxygens (including phenoxy) is 1. The second-order valence-electron chi connectivity index (χ2n) is 3.64. The van der Waals surface area contributed by atoms with Crippen molar-refractivity contribution in [2.24, 2.45) is 0 Å². The van der Waals surface area contributed by atoms with Gasteiger partial charge in [-0.15, -0.1) is 6.58 Å². The molecule has 3 nitrogen and oxygen atoms in total. The molecule has 3 N–H and O–H groups in total. The van der Waals surface area contributed by atoms with E-state index in [2.05, 4.69) is 6.58 Å². The van der Waals surface area contributed by atoms with E-state index in [1.807, 2.05) is 24.3 Å². The predicted octanol–water partition coefficient (Wildman–Crippen LogP) is 2.15. The maximum Gasteiger partial charge on any atom is 0.122 e. The Morgan fingerprint density at radius 1 is 1.38 bits per heavy atom. The molecule has 0 saturated heterocycles. The van der Waals surface area contributed by atoms with Crippen LogP contribution in [0.15, 0.2) is 30.9 Å². The highest BCUT2D eigenvalue weighted by atomic mass is 16.5. The molecule has 0 radical (unpaired) electrons. The van der Waals surface area contributed by atoms with Gasteiger partial charge in [-0.05, 0) is 43.0 Å². The first-order valence-corrected chi connectivity index (χ1v) is 5.51. The Hall–Kier alpha value is -1.48. The van der Waals surface area contributed by atoms with Crippen molar-refractivity contribution in [3.63, 3.8) is 0 Å². The van der Waals surface area contributed by atoms with Crippen LogP contribution in [0.5, 0.6) is 5.75 Å². The quantitative estimate of drug-likeness (QED) is 0.421. The molecule has 0 aliphatic carbocycles. The maximum atomic E-state index is 8.65. The van der Waals surface area contributed by atoms with Crippen LogP contribution < -0.4 is 10.5 Å². The van der Waals surface area contributed by atoms with Gasteiger partial charge >= 0.3 is 0 Å². The molecule has 1 aromatic rings. The Morgan fingerprint density at radius 3 is 2.88 bits per heavy atom. The van der Waals surface area contributed by atoms with Crippen LogP contribution >= 0.6 is 0 Å². The topological polar surface area (TPSA) is 55.5 Å². The fourth-order valence-electron chi connectivity index (χ4n) is 1.45. The summed E-state index contributed by atoms with van der Waals surface area (Å²) in [6.45, 7) is 4.54. The number of rotatable bonds is 7. The number of anilines is 1. The number of nitrogen functional groups attached to an aromatic ring is 1. The Morgan fingerprint density at radius 2 is 2.19 bits per heavy atom. The molecule has 0 spiro atoms. The molecule has 0 aromatic heterocycles. The molecule has 1 rings (SSSR count). The second kappa shape index (κ2) is 6.90. The van der Waals surface area contributed by atoms with Crippen molar-refractivity contribution in [2.75, 3.05) is 18.9 Å². The molecule has 0 bridgehead atoms. The first-order chi connectivity index (χ1) is 7.77. The van der Waals surface area contributed by atoms with E-state index in [0.29, 0.717) is 6.61 Å². The molecule has 0 unspecified atom stereocenters. The smallest absolute Gasteiger partial charge is 0.122 e. The van der Waals surface area contributed by atoms with Crippen molar-refractivity contribution in [3.8, 4) is 5.75 Å². The van der Waals surface area contributed by atoms with Crippen LogP contribution in [0.2, 0.25) is 0 Å². The number of benzene rings is 1. The van der Waals surface area contributed by atoms with E-state index in [1.165, 1.54) is 0 Å². The summed E-state index contributed by atoms with van der Waals surface area (Å²) in [6, 6.07) is 5.62. The molecule has 3 heteroatoms. The Bertz CT molecular complexity index is 337. The van der Waals surface area contributed by atoms with E-state index >= 15 is 0 Å². The van der Waals surface area contributed by atoms with Gasteiger partial charge in [-0.2, -0.15) is 0 Å². The summed E-state index contributed by atoms with van der Waals surface area (Å²) < 4.78 is 5.63. The van der Waals surface area contributed by atoms with Gasteiger partial charge < -0.3 is 15.6 Å². The van der Waals surface area contributed by atoms with E-state index in [4.69, 9.17) is 15.6 Å². The predicted molar refractivity (Wildman–Crippen MR) is 66.6 cm³/mol. The maximum absolute atomic E-state index is 8.65. The van der Waals surface area contributed by atoms with Gasteiger partial charge in [0.1, 0.15) is 5.75 Å². The monoisotopic (exact) mass is 221 g/mol. The lowest BCUT2D eigenvalue weighted by Crippen LogP contribution is -2.01. The molecule has 16 heavy (non-hydrogen) atoms. The van der Waals surface area contributed by atoms with Crippen LogP contribution in [-0.2, 0) is 6.42 Å². The largest absolute Gasteiger partial charge is 0.493 e. The fraction of sp³-hybridized carbons (Fsp3) is 0.385. The number of aliphatic hydroxyl groups excluding tert-OH is 1. The fourth-order valence-corrected chi connectivity index (χ4v) is 1.45. The minimum atomic E-state index is 0.213. The molecular formula is C13H19NO2. The number of unbranched alkanes of at least 4 members (excludes halogenated alkanes) is 1. The molecule has 0 aliphatic heterocycles. The molecule has 1 aromatic carbocycles. The molecule has 0 fully saturated rings. The van der Waals surface area contributed by atoms with E-state index in [9.17, 15) is 0 Å². The second-order valence-corrected chi connectivity index (χ2v) is 3.64. The standard InChI is InChI=1S/C13H19NO2/c1-2-5-11-10-12(14)6-7-13(11)16-9-4-3-8-15/h2,6-7,10,15H,1,3-5,8-9,14H2. The van der Waals surface area contributed by atoms with E-state index < -0.39 is 0 Å². The van der Waals surface area contributed by atoms with Gasteiger partial charge in [0.15, 0.2) is 0 Å². The van der Waals surface area contributed by atoms with Crippen molar-refractivity contribution < 1.29 is 9.84 Å². The Labute approximate surface area is 96.5 Å². The van der Waals surface area contributed by atoms with Crippen LogP contribution in [0.3, 0.4) is 0 Å². The molecule has 0 saturated carbocycles. The van der Waals surface area contributed by atoms with E-state index in [1.54, 1.807) is 0 Å². The Kier molecular flexibility index (Phi) is 5.43. The number of allylic oxidation sites excluding steroid dienone is 1. The van der Waals surface area contributed by atoms with Gasteiger partial charge in [0.25, 0.3) is 0 Å². The zero-order valence-electron chi connectivity index (χ0n) is 9.48. The van der Waals surface area contributed by atoms with Crippen molar-refractivity contribution >= 4 is 5.69 Å². The van der Waals surface area contributed by atoms with Gasteiger partial charge in [-0.3, -0.25) is 0 Å². The number of hydrogen-bond donors (Lipinski definition) is 2. The molecule has 88 valence electrons. The first kappa shape index (κ1) is 12.6. The van der Waals surface area contributed by atoms with Gasteiger partial charge in [0.05, 0.1) is 6.61 Å². The van der Waals surface area contributed by atoms with Gasteiger partial charge in [0.2, 0.25) is 0 Å². The van der Waals surface area contributed by atoms with E-state index in [-0.39, 0.29) is 6.61 Å². The molecule has 0 amide bonds. The van der Waals surface area contributed by atoms with Gasteiger partial charge in [-0.1, -0.05) is 6.08 Å². The lowest BCUT2D eigenvalue weighted by atomic mass is 10.1. The lowest BCUT2D eigenvalue weighted by molar-refractivity contribution is 0.252. The summed E-state index contributed by atoms with van der Waals surface area (Å²) in [5, 5.41) is 8.65. The average Bonchev–Trinajstić information content (AvgIpc) is 2.27. The van der Waals surface area contributed by atoms with Crippen LogP contribution in [-0.4, -0.2) is 18.3 Å². The van der Waals surface area contributed by atoms with Crippen LogP contribution in [0, 0.1) is 0 Å². The summed E-state index contributed by atoms with van der Waals surface area (Å²) in [4.78, 5) is 0. The van der Waals surface area contributed by atoms with Crippen molar-refractivity contribution in [1.29, 1.82) is 0 Å². The molecule has 0 atom stereocenters. The van der Waals surface area contributed by atoms with Gasteiger partial charge in [0, 0.05) is 12.3 Å². The molecule has 0 heterocycles. The SMILES string of the molecule is C=CCc1cc(N)ccc1OCCCCO. The minimum Gasteiger partial charge on any atom is -0.493 e. The van der Waals surface area contributed by atoms with Crippen molar-refractivity contribution in [2.45, 2.75) is 19.3 Å². The number of hydrogen-bond acceptors (Lipinski definition) is 3. The lowest BCUT2D eigenvalue weighted by Gasteiger charge is -2.10. The normalized spacial score (nSPS) is 10.1. The van der Waals surface area contributed by atoms with Crippen LogP contribution in [0.25, 0.3) is 0 Å². The van der Waals surface area contributed by atoms with Crippen LogP contribution in [0.4, 0.5) is 5.69 Å². The Balaban J connectivity index is 2.59. The van der Waals surface area contributed by atoms with Crippen molar-refractivity contribution in [3.05, 3.63) is 36.4 Å². The van der Waals surface area contributed by atoms with Gasteiger partial charge in [-0.25, -0.2) is 0 Å².